The lowest BCUT2D eigenvalue weighted by atomic mass is 10.2. The van der Waals surface area contributed by atoms with E-state index in [0.29, 0.717) is 6.10 Å². The van der Waals surface area contributed by atoms with Crippen LogP contribution in [0.4, 0.5) is 0 Å². The predicted octanol–water partition coefficient (Wildman–Crippen LogP) is 1.69. The number of likely N-dealkylation sites (N-methyl/N-ethyl adjacent to an activating group) is 1. The van der Waals surface area contributed by atoms with Crippen LogP contribution in [0.5, 0.6) is 0 Å². The average molecular weight is 228 g/mol. The van der Waals surface area contributed by atoms with Crippen molar-refractivity contribution in [1.29, 1.82) is 0 Å². The van der Waals surface area contributed by atoms with E-state index in [2.05, 4.69) is 37.6 Å². The minimum Gasteiger partial charge on any atom is -0.374 e. The molecule has 1 aliphatic rings. The van der Waals surface area contributed by atoms with E-state index in [0.717, 1.165) is 38.7 Å². The molecule has 96 valence electrons. The van der Waals surface area contributed by atoms with Crippen molar-refractivity contribution in [1.82, 2.24) is 9.80 Å². The molecule has 0 bridgehead atoms. The molecule has 3 heteroatoms. The smallest absolute Gasteiger partial charge is 0.0829 e. The first-order valence-corrected chi connectivity index (χ1v) is 6.64. The fourth-order valence-corrected chi connectivity index (χ4v) is 2.46. The third-order valence-corrected chi connectivity index (χ3v) is 2.95. The third-order valence-electron chi connectivity index (χ3n) is 2.95. The van der Waals surface area contributed by atoms with Crippen molar-refractivity contribution in [2.45, 2.75) is 33.3 Å². The van der Waals surface area contributed by atoms with E-state index in [9.17, 15) is 0 Å². The van der Waals surface area contributed by atoms with Crippen molar-refractivity contribution in [3.63, 3.8) is 0 Å². The van der Waals surface area contributed by atoms with Gasteiger partial charge in [-0.25, -0.2) is 0 Å². The summed E-state index contributed by atoms with van der Waals surface area (Å²) < 4.78 is 5.82. The van der Waals surface area contributed by atoms with Gasteiger partial charge in [-0.1, -0.05) is 20.8 Å². The fourth-order valence-electron chi connectivity index (χ4n) is 2.46. The zero-order valence-electron chi connectivity index (χ0n) is 11.4. The molecule has 0 aliphatic carbocycles. The van der Waals surface area contributed by atoms with Gasteiger partial charge in [0.2, 0.25) is 0 Å². The Morgan fingerprint density at radius 2 is 2.19 bits per heavy atom. The van der Waals surface area contributed by atoms with Gasteiger partial charge in [0, 0.05) is 26.2 Å². The predicted molar refractivity (Wildman–Crippen MR) is 68.8 cm³/mol. The fraction of sp³-hybridized carbons (Fsp3) is 1.00. The lowest BCUT2D eigenvalue weighted by Gasteiger charge is -2.35. The second-order valence-corrected chi connectivity index (χ2v) is 5.41. The Labute approximate surface area is 101 Å². The van der Waals surface area contributed by atoms with Gasteiger partial charge in [0.1, 0.15) is 0 Å². The zero-order valence-corrected chi connectivity index (χ0v) is 11.4. The van der Waals surface area contributed by atoms with Crippen LogP contribution < -0.4 is 0 Å². The van der Waals surface area contributed by atoms with Gasteiger partial charge in [0.25, 0.3) is 0 Å². The Morgan fingerprint density at radius 3 is 2.81 bits per heavy atom. The van der Waals surface area contributed by atoms with Gasteiger partial charge in [0.05, 0.1) is 12.7 Å². The zero-order chi connectivity index (χ0) is 12.0. The normalized spacial score (nSPS) is 23.2. The van der Waals surface area contributed by atoms with E-state index in [-0.39, 0.29) is 0 Å². The molecule has 1 aliphatic heterocycles. The highest BCUT2D eigenvalue weighted by Gasteiger charge is 2.21. The summed E-state index contributed by atoms with van der Waals surface area (Å²) in [6, 6.07) is 0. The quantitative estimate of drug-likeness (QED) is 0.688. The number of rotatable bonds is 6. The number of nitrogens with zero attached hydrogens (tertiary/aromatic N) is 2. The molecule has 16 heavy (non-hydrogen) atoms. The summed E-state index contributed by atoms with van der Waals surface area (Å²) in [5.41, 5.74) is 0. The van der Waals surface area contributed by atoms with Crippen molar-refractivity contribution >= 4 is 0 Å². The van der Waals surface area contributed by atoms with E-state index >= 15 is 0 Å². The van der Waals surface area contributed by atoms with Gasteiger partial charge >= 0.3 is 0 Å². The molecule has 3 nitrogen and oxygen atoms in total. The number of morpholine rings is 1. The molecule has 1 rings (SSSR count). The first-order chi connectivity index (χ1) is 7.61. The Kier molecular flexibility index (Phi) is 6.32. The highest BCUT2D eigenvalue weighted by molar-refractivity contribution is 4.74. The molecule has 1 atom stereocenters. The van der Waals surface area contributed by atoms with Crippen molar-refractivity contribution in [2.24, 2.45) is 5.92 Å². The lowest BCUT2D eigenvalue weighted by molar-refractivity contribution is -0.0412. The molecule has 0 aromatic heterocycles. The molecule has 0 saturated carbocycles. The van der Waals surface area contributed by atoms with Crippen LogP contribution in [0.2, 0.25) is 0 Å². The molecule has 0 amide bonds. The molecule has 1 fully saturated rings. The molecule has 0 aromatic rings. The van der Waals surface area contributed by atoms with Gasteiger partial charge in [-0.15, -0.1) is 0 Å². The van der Waals surface area contributed by atoms with Crippen LogP contribution in [0.25, 0.3) is 0 Å². The minimum atomic E-state index is 0.407. The maximum absolute atomic E-state index is 5.82. The van der Waals surface area contributed by atoms with Crippen LogP contribution in [0.15, 0.2) is 0 Å². The summed E-state index contributed by atoms with van der Waals surface area (Å²) in [7, 11) is 2.20. The van der Waals surface area contributed by atoms with E-state index in [4.69, 9.17) is 4.74 Å². The van der Waals surface area contributed by atoms with E-state index < -0.39 is 0 Å². The van der Waals surface area contributed by atoms with Crippen LogP contribution in [0.1, 0.15) is 27.2 Å². The molecule has 1 saturated heterocycles. The molecular weight excluding hydrogens is 200 g/mol. The van der Waals surface area contributed by atoms with Gasteiger partial charge < -0.3 is 9.64 Å². The summed E-state index contributed by atoms with van der Waals surface area (Å²) in [4.78, 5) is 4.92. The SMILES string of the molecule is CCCN1CCOC(CN(C)CC(C)C)C1. The Balaban J connectivity index is 2.25. The highest BCUT2D eigenvalue weighted by Crippen LogP contribution is 2.08. The molecule has 0 spiro atoms. The van der Waals surface area contributed by atoms with Crippen LogP contribution in [-0.4, -0.2) is 62.3 Å². The second-order valence-electron chi connectivity index (χ2n) is 5.41. The van der Waals surface area contributed by atoms with Gasteiger partial charge in [-0.2, -0.15) is 0 Å². The van der Waals surface area contributed by atoms with E-state index in [1.165, 1.54) is 13.0 Å². The summed E-state index contributed by atoms with van der Waals surface area (Å²) in [5, 5.41) is 0. The standard InChI is InChI=1S/C13H28N2O/c1-5-6-15-7-8-16-13(11-15)10-14(4)9-12(2)3/h12-13H,5-11H2,1-4H3. The van der Waals surface area contributed by atoms with Crippen LogP contribution in [0, 0.1) is 5.92 Å². The molecule has 0 radical (unpaired) electrons. The van der Waals surface area contributed by atoms with Crippen molar-refractivity contribution in [3.8, 4) is 0 Å². The summed E-state index contributed by atoms with van der Waals surface area (Å²) in [6.07, 6.45) is 1.65. The summed E-state index contributed by atoms with van der Waals surface area (Å²) >= 11 is 0. The first-order valence-electron chi connectivity index (χ1n) is 6.64. The molecule has 0 N–H and O–H groups in total. The number of hydrogen-bond donors (Lipinski definition) is 0. The topological polar surface area (TPSA) is 15.7 Å². The Morgan fingerprint density at radius 1 is 1.44 bits per heavy atom. The average Bonchev–Trinajstić information content (AvgIpc) is 2.17. The molecule has 1 unspecified atom stereocenters. The summed E-state index contributed by atoms with van der Waals surface area (Å²) in [6.45, 7) is 13.3. The third kappa shape index (κ3) is 5.28. The van der Waals surface area contributed by atoms with Crippen LogP contribution >= 0.6 is 0 Å². The molecular formula is C13H28N2O. The summed E-state index contributed by atoms with van der Waals surface area (Å²) in [5.74, 6) is 0.736. The number of hydrogen-bond acceptors (Lipinski definition) is 3. The van der Waals surface area contributed by atoms with Crippen LogP contribution in [0.3, 0.4) is 0 Å². The van der Waals surface area contributed by atoms with Crippen LogP contribution in [-0.2, 0) is 4.74 Å². The Bertz CT molecular complexity index is 183. The van der Waals surface area contributed by atoms with Gasteiger partial charge in [0.15, 0.2) is 0 Å². The van der Waals surface area contributed by atoms with Gasteiger partial charge in [-0.05, 0) is 25.9 Å². The molecule has 1 heterocycles. The minimum absolute atomic E-state index is 0.407. The lowest BCUT2D eigenvalue weighted by Crippen LogP contribution is -2.47. The van der Waals surface area contributed by atoms with Crippen molar-refractivity contribution < 1.29 is 4.74 Å². The van der Waals surface area contributed by atoms with E-state index in [1.54, 1.807) is 0 Å². The first kappa shape index (κ1) is 13.9. The van der Waals surface area contributed by atoms with Gasteiger partial charge in [-0.3, -0.25) is 4.90 Å². The maximum atomic E-state index is 5.82. The monoisotopic (exact) mass is 228 g/mol. The number of ether oxygens (including phenoxy) is 1. The van der Waals surface area contributed by atoms with Crippen molar-refractivity contribution in [2.75, 3.05) is 46.4 Å². The Hall–Kier alpha value is -0.120. The highest BCUT2D eigenvalue weighted by atomic mass is 16.5. The van der Waals surface area contributed by atoms with E-state index in [1.807, 2.05) is 0 Å². The largest absolute Gasteiger partial charge is 0.374 e. The maximum Gasteiger partial charge on any atom is 0.0829 e. The second kappa shape index (κ2) is 7.25. The van der Waals surface area contributed by atoms with Crippen molar-refractivity contribution in [3.05, 3.63) is 0 Å². The molecule has 0 aromatic carbocycles.